The fraction of sp³-hybridized carbons (Fsp3) is 0.250. The molecule has 0 aliphatic carbocycles. The van der Waals surface area contributed by atoms with Gasteiger partial charge in [0.15, 0.2) is 0 Å². The molecule has 1 rings (SSSR count). The van der Waals surface area contributed by atoms with E-state index in [0.29, 0.717) is 0 Å². The van der Waals surface area contributed by atoms with Gasteiger partial charge < -0.3 is 4.53 Å². The number of rotatable bonds is 3. The smallest absolute Gasteiger partial charge is 0.313 e. The van der Waals surface area contributed by atoms with Crippen molar-refractivity contribution in [1.29, 1.82) is 0 Å². The lowest BCUT2D eigenvalue weighted by Crippen LogP contribution is -2.02. The van der Waals surface area contributed by atoms with Crippen LogP contribution in [-0.4, -0.2) is 20.2 Å². The summed E-state index contributed by atoms with van der Waals surface area (Å²) in [7, 11) is -0.730. The number of pyridine rings is 1. The van der Waals surface area contributed by atoms with Crippen LogP contribution in [0.1, 0.15) is 5.69 Å². The van der Waals surface area contributed by atoms with E-state index in [1.54, 1.807) is 12.4 Å². The normalized spacial score (nSPS) is 10.9. The molecule has 0 aromatic carbocycles. The van der Waals surface area contributed by atoms with Gasteiger partial charge in [0.2, 0.25) is 0 Å². The van der Waals surface area contributed by atoms with Crippen molar-refractivity contribution in [2.24, 2.45) is 5.16 Å². The number of aromatic nitrogens is 1. The van der Waals surface area contributed by atoms with E-state index in [4.69, 9.17) is 4.53 Å². The molecule has 0 N–H and O–H groups in total. The minimum atomic E-state index is -0.730. The van der Waals surface area contributed by atoms with Crippen LogP contribution in [0.2, 0.25) is 13.1 Å². The summed E-state index contributed by atoms with van der Waals surface area (Å²) < 4.78 is 5.08. The molecule has 4 heteroatoms. The van der Waals surface area contributed by atoms with Gasteiger partial charge in [0.05, 0.1) is 11.9 Å². The molecular formula is C8H11N2OSi. The first-order valence-electron chi connectivity index (χ1n) is 3.70. The Morgan fingerprint density at radius 2 is 2.33 bits per heavy atom. The average Bonchev–Trinajstić information content (AvgIpc) is 2.05. The molecule has 12 heavy (non-hydrogen) atoms. The molecule has 0 bridgehead atoms. The van der Waals surface area contributed by atoms with E-state index in [2.05, 4.69) is 10.1 Å². The van der Waals surface area contributed by atoms with Crippen molar-refractivity contribution in [3.05, 3.63) is 30.1 Å². The van der Waals surface area contributed by atoms with E-state index in [1.165, 1.54) is 0 Å². The van der Waals surface area contributed by atoms with Crippen LogP contribution < -0.4 is 0 Å². The second-order valence-corrected chi connectivity index (χ2v) is 4.49. The quantitative estimate of drug-likeness (QED) is 0.402. The Hall–Kier alpha value is -1.16. The van der Waals surface area contributed by atoms with E-state index in [-0.39, 0.29) is 0 Å². The van der Waals surface area contributed by atoms with Crippen LogP contribution in [0.25, 0.3) is 0 Å². The fourth-order valence-electron chi connectivity index (χ4n) is 0.638. The van der Waals surface area contributed by atoms with Gasteiger partial charge in [-0.2, -0.15) is 0 Å². The molecule has 1 radical (unpaired) electrons. The van der Waals surface area contributed by atoms with E-state index in [9.17, 15) is 0 Å². The Labute approximate surface area is 73.8 Å². The summed E-state index contributed by atoms with van der Waals surface area (Å²) in [5.41, 5.74) is 0.820. The summed E-state index contributed by atoms with van der Waals surface area (Å²) in [5.74, 6) is 0. The Balaban J connectivity index is 2.47. The third kappa shape index (κ3) is 3.29. The Morgan fingerprint density at radius 3 is 2.92 bits per heavy atom. The lowest BCUT2D eigenvalue weighted by atomic mass is 10.4. The first-order chi connectivity index (χ1) is 5.79. The van der Waals surface area contributed by atoms with Crippen molar-refractivity contribution in [3.8, 4) is 0 Å². The first-order valence-corrected chi connectivity index (χ1v) is 6.11. The molecule has 0 unspecified atom stereocenters. The number of oxime groups is 1. The van der Waals surface area contributed by atoms with Crippen molar-refractivity contribution < 1.29 is 4.53 Å². The van der Waals surface area contributed by atoms with Gasteiger partial charge in [0.25, 0.3) is 0 Å². The monoisotopic (exact) mass is 179 g/mol. The SMILES string of the molecule is C[Si](C)ON=Cc1ccccn1. The molecular weight excluding hydrogens is 168 g/mol. The van der Waals surface area contributed by atoms with Crippen LogP contribution in [0.4, 0.5) is 0 Å². The highest BCUT2D eigenvalue weighted by molar-refractivity contribution is 6.48. The molecule has 0 aliphatic heterocycles. The number of hydrogen-bond acceptors (Lipinski definition) is 3. The van der Waals surface area contributed by atoms with E-state index < -0.39 is 9.04 Å². The molecule has 3 nitrogen and oxygen atoms in total. The predicted molar refractivity (Wildman–Crippen MR) is 50.4 cm³/mol. The van der Waals surface area contributed by atoms with Crippen molar-refractivity contribution in [1.82, 2.24) is 4.98 Å². The minimum Gasteiger partial charge on any atom is -0.455 e. The third-order valence-electron chi connectivity index (χ3n) is 1.11. The Kier molecular flexibility index (Phi) is 3.47. The first kappa shape index (κ1) is 8.93. The van der Waals surface area contributed by atoms with Gasteiger partial charge in [0, 0.05) is 6.20 Å². The van der Waals surface area contributed by atoms with Crippen molar-refractivity contribution in [3.63, 3.8) is 0 Å². The molecule has 0 amide bonds. The minimum absolute atomic E-state index is 0.730. The van der Waals surface area contributed by atoms with Crippen LogP contribution in [0, 0.1) is 0 Å². The Bertz CT molecular complexity index is 248. The summed E-state index contributed by atoms with van der Waals surface area (Å²) in [5, 5.41) is 3.80. The second kappa shape index (κ2) is 4.66. The molecule has 1 heterocycles. The zero-order chi connectivity index (χ0) is 8.81. The number of nitrogens with zero attached hydrogens (tertiary/aromatic N) is 2. The van der Waals surface area contributed by atoms with E-state index >= 15 is 0 Å². The molecule has 0 atom stereocenters. The lowest BCUT2D eigenvalue weighted by Gasteiger charge is -1.97. The zero-order valence-corrected chi connectivity index (χ0v) is 8.19. The van der Waals surface area contributed by atoms with Gasteiger partial charge in [-0.05, 0) is 25.2 Å². The summed E-state index contributed by atoms with van der Waals surface area (Å²) >= 11 is 0. The average molecular weight is 179 g/mol. The van der Waals surface area contributed by atoms with Crippen LogP contribution in [-0.2, 0) is 4.53 Å². The third-order valence-corrected chi connectivity index (χ3v) is 1.58. The maximum Gasteiger partial charge on any atom is 0.313 e. The van der Waals surface area contributed by atoms with Gasteiger partial charge in [-0.1, -0.05) is 6.07 Å². The van der Waals surface area contributed by atoms with Crippen molar-refractivity contribution in [2.75, 3.05) is 0 Å². The summed E-state index contributed by atoms with van der Waals surface area (Å²) in [6.07, 6.45) is 3.35. The van der Waals surface area contributed by atoms with Crippen LogP contribution >= 0.6 is 0 Å². The highest BCUT2D eigenvalue weighted by Gasteiger charge is 1.93. The van der Waals surface area contributed by atoms with Crippen molar-refractivity contribution >= 4 is 15.3 Å². The van der Waals surface area contributed by atoms with Crippen molar-refractivity contribution in [2.45, 2.75) is 13.1 Å². The molecule has 0 saturated carbocycles. The van der Waals surface area contributed by atoms with Crippen LogP contribution in [0.15, 0.2) is 29.6 Å². The van der Waals surface area contributed by atoms with E-state index in [1.807, 2.05) is 31.3 Å². The summed E-state index contributed by atoms with van der Waals surface area (Å²) in [4.78, 5) is 4.06. The zero-order valence-electron chi connectivity index (χ0n) is 7.19. The molecule has 1 aromatic rings. The summed E-state index contributed by atoms with van der Waals surface area (Å²) in [6.45, 7) is 4.06. The standard InChI is InChI=1S/C8H11N2OSi/c1-12(2)11-10-7-8-5-3-4-6-9-8/h3-7H,1-2H3. The van der Waals surface area contributed by atoms with Crippen LogP contribution in [0.5, 0.6) is 0 Å². The summed E-state index contributed by atoms with van der Waals surface area (Å²) in [6, 6.07) is 5.66. The fourth-order valence-corrected chi connectivity index (χ4v) is 0.902. The molecule has 63 valence electrons. The highest BCUT2D eigenvalue weighted by Crippen LogP contribution is 1.90. The van der Waals surface area contributed by atoms with Gasteiger partial charge in [0.1, 0.15) is 0 Å². The molecule has 1 aromatic heterocycles. The topological polar surface area (TPSA) is 34.5 Å². The lowest BCUT2D eigenvalue weighted by molar-refractivity contribution is 0.354. The molecule has 0 spiro atoms. The predicted octanol–water partition coefficient (Wildman–Crippen LogP) is 1.68. The highest BCUT2D eigenvalue weighted by atomic mass is 28.3. The van der Waals surface area contributed by atoms with Gasteiger partial charge >= 0.3 is 9.04 Å². The largest absolute Gasteiger partial charge is 0.455 e. The maximum absolute atomic E-state index is 5.08. The second-order valence-electron chi connectivity index (χ2n) is 2.49. The van der Waals surface area contributed by atoms with Gasteiger partial charge in [-0.3, -0.25) is 4.98 Å². The number of hydrogen-bond donors (Lipinski definition) is 0. The van der Waals surface area contributed by atoms with Gasteiger partial charge in [-0.15, -0.1) is 5.16 Å². The van der Waals surface area contributed by atoms with Crippen LogP contribution in [0.3, 0.4) is 0 Å². The maximum atomic E-state index is 5.08. The van der Waals surface area contributed by atoms with Gasteiger partial charge in [-0.25, -0.2) is 0 Å². The van der Waals surface area contributed by atoms with E-state index in [0.717, 1.165) is 5.69 Å². The Morgan fingerprint density at radius 1 is 1.50 bits per heavy atom. The molecule has 0 aliphatic rings. The molecule has 0 fully saturated rings. The molecule has 0 saturated heterocycles.